The van der Waals surface area contributed by atoms with Gasteiger partial charge in [-0.15, -0.1) is 0 Å². The van der Waals surface area contributed by atoms with E-state index in [2.05, 4.69) is 28.0 Å². The van der Waals surface area contributed by atoms with Crippen molar-refractivity contribution >= 4 is 5.91 Å². The van der Waals surface area contributed by atoms with Crippen LogP contribution in [0.3, 0.4) is 0 Å². The topological polar surface area (TPSA) is 56.1 Å². The van der Waals surface area contributed by atoms with Gasteiger partial charge in [0.2, 0.25) is 5.91 Å². The zero-order valence-corrected chi connectivity index (χ0v) is 15.1. The highest BCUT2D eigenvalue weighted by molar-refractivity contribution is 5.80. The predicted octanol–water partition coefficient (Wildman–Crippen LogP) is 2.86. The van der Waals surface area contributed by atoms with E-state index >= 15 is 0 Å². The van der Waals surface area contributed by atoms with E-state index in [9.17, 15) is 4.79 Å². The molecule has 2 heterocycles. The monoisotopic (exact) mass is 333 g/mol. The molecule has 2 aliphatic rings. The van der Waals surface area contributed by atoms with Crippen molar-refractivity contribution < 1.29 is 9.53 Å². The molecule has 3 rings (SSSR count). The Morgan fingerprint density at radius 1 is 1.42 bits per heavy atom. The second-order valence-corrected chi connectivity index (χ2v) is 7.51. The lowest BCUT2D eigenvalue weighted by atomic mass is 9.88. The molecule has 134 valence electrons. The number of fused-ring (bicyclic) bond motifs is 1. The number of rotatable bonds is 6. The summed E-state index contributed by atoms with van der Waals surface area (Å²) in [4.78, 5) is 16.9. The molecule has 24 heavy (non-hydrogen) atoms. The number of hydrogen-bond acceptors (Lipinski definition) is 3. The van der Waals surface area contributed by atoms with Crippen LogP contribution < -0.4 is 5.32 Å². The van der Waals surface area contributed by atoms with Gasteiger partial charge in [-0.25, -0.2) is 4.98 Å². The average Bonchev–Trinajstić information content (AvgIpc) is 2.97. The smallest absolute Gasteiger partial charge is 0.248 e. The molecular formula is C19H31N3O2. The molecule has 0 aromatic carbocycles. The van der Waals surface area contributed by atoms with Gasteiger partial charge in [0.15, 0.2) is 0 Å². The van der Waals surface area contributed by atoms with Crippen molar-refractivity contribution in [2.45, 2.75) is 84.0 Å². The van der Waals surface area contributed by atoms with Gasteiger partial charge in [-0.05, 0) is 38.5 Å². The van der Waals surface area contributed by atoms with Gasteiger partial charge in [0.1, 0.15) is 11.9 Å². The minimum atomic E-state index is -0.365. The highest BCUT2D eigenvalue weighted by Crippen LogP contribution is 2.26. The molecule has 1 fully saturated rings. The minimum Gasteiger partial charge on any atom is -0.365 e. The minimum absolute atomic E-state index is 0.00259. The van der Waals surface area contributed by atoms with Crippen molar-refractivity contribution in [3.63, 3.8) is 0 Å². The normalized spacial score (nSPS) is 25.1. The third-order valence-corrected chi connectivity index (χ3v) is 5.29. The third-order valence-electron chi connectivity index (χ3n) is 5.29. The largest absolute Gasteiger partial charge is 0.365 e. The summed E-state index contributed by atoms with van der Waals surface area (Å²) >= 11 is 0. The summed E-state index contributed by atoms with van der Waals surface area (Å²) in [6.45, 7) is 5.85. The van der Waals surface area contributed by atoms with Gasteiger partial charge in [-0.1, -0.05) is 19.8 Å². The van der Waals surface area contributed by atoms with E-state index in [1.54, 1.807) is 0 Å². The second kappa shape index (κ2) is 8.15. The van der Waals surface area contributed by atoms with Crippen LogP contribution in [0.1, 0.15) is 63.9 Å². The van der Waals surface area contributed by atoms with Crippen LogP contribution in [0.15, 0.2) is 6.20 Å². The maximum Gasteiger partial charge on any atom is 0.248 e. The number of nitrogens with zero attached hydrogens (tertiary/aromatic N) is 2. The lowest BCUT2D eigenvalue weighted by Crippen LogP contribution is -2.38. The first kappa shape index (κ1) is 17.5. The van der Waals surface area contributed by atoms with Crippen molar-refractivity contribution in [3.8, 4) is 0 Å². The standard InChI is InChI=1S/C19H31N3O2/c1-14-6-5-7-17(12-14)24-15(2)19(23)20-10-9-16-13-22-11-4-3-8-18(22)21-16/h13-15,17H,3-12H2,1-2H3,(H,20,23)/t14-,15-,17+/m1/s1. The number of aromatic nitrogens is 2. The van der Waals surface area contributed by atoms with Crippen LogP contribution in [0.2, 0.25) is 0 Å². The summed E-state index contributed by atoms with van der Waals surface area (Å²) in [6.07, 6.45) is 11.0. The van der Waals surface area contributed by atoms with Gasteiger partial charge >= 0.3 is 0 Å². The molecule has 1 N–H and O–H groups in total. The first-order valence-electron chi connectivity index (χ1n) is 9.60. The molecule has 1 amide bonds. The summed E-state index contributed by atoms with van der Waals surface area (Å²) in [5.74, 6) is 1.91. The Bertz CT molecular complexity index is 531. The number of hydrogen-bond donors (Lipinski definition) is 1. The Hall–Kier alpha value is -1.36. The van der Waals surface area contributed by atoms with Gasteiger partial charge in [-0.3, -0.25) is 4.79 Å². The molecule has 1 aromatic rings. The summed E-state index contributed by atoms with van der Waals surface area (Å²) in [6, 6.07) is 0. The lowest BCUT2D eigenvalue weighted by molar-refractivity contribution is -0.137. The van der Waals surface area contributed by atoms with E-state index in [0.717, 1.165) is 37.9 Å². The highest BCUT2D eigenvalue weighted by atomic mass is 16.5. The van der Waals surface area contributed by atoms with E-state index in [-0.39, 0.29) is 18.1 Å². The first-order chi connectivity index (χ1) is 11.6. The quantitative estimate of drug-likeness (QED) is 0.871. The molecule has 5 nitrogen and oxygen atoms in total. The fourth-order valence-electron chi connectivity index (χ4n) is 3.90. The van der Waals surface area contributed by atoms with Crippen molar-refractivity contribution in [2.24, 2.45) is 5.92 Å². The van der Waals surface area contributed by atoms with Crippen LogP contribution in [0.4, 0.5) is 0 Å². The van der Waals surface area contributed by atoms with E-state index in [0.29, 0.717) is 12.5 Å². The van der Waals surface area contributed by atoms with Crippen molar-refractivity contribution in [1.82, 2.24) is 14.9 Å². The summed E-state index contributed by atoms with van der Waals surface area (Å²) in [7, 11) is 0. The molecular weight excluding hydrogens is 302 g/mol. The average molecular weight is 333 g/mol. The molecule has 1 aliphatic heterocycles. The highest BCUT2D eigenvalue weighted by Gasteiger charge is 2.24. The Labute approximate surface area is 145 Å². The van der Waals surface area contributed by atoms with E-state index < -0.39 is 0 Å². The summed E-state index contributed by atoms with van der Waals surface area (Å²) < 4.78 is 8.22. The van der Waals surface area contributed by atoms with Crippen LogP contribution in [-0.2, 0) is 28.9 Å². The van der Waals surface area contributed by atoms with Gasteiger partial charge in [0.25, 0.3) is 0 Å². The molecule has 0 unspecified atom stereocenters. The van der Waals surface area contributed by atoms with Crippen molar-refractivity contribution in [2.75, 3.05) is 6.54 Å². The molecule has 0 saturated heterocycles. The molecule has 1 saturated carbocycles. The molecule has 1 aromatic heterocycles. The van der Waals surface area contributed by atoms with Crippen LogP contribution in [0, 0.1) is 5.92 Å². The number of nitrogens with one attached hydrogen (secondary N) is 1. The van der Waals surface area contributed by atoms with Crippen LogP contribution in [-0.4, -0.2) is 34.2 Å². The van der Waals surface area contributed by atoms with Crippen molar-refractivity contribution in [3.05, 3.63) is 17.7 Å². The Kier molecular flexibility index (Phi) is 5.93. The third kappa shape index (κ3) is 4.59. The zero-order valence-electron chi connectivity index (χ0n) is 15.1. The predicted molar refractivity (Wildman–Crippen MR) is 93.8 cm³/mol. The van der Waals surface area contributed by atoms with Gasteiger partial charge in [-0.2, -0.15) is 0 Å². The van der Waals surface area contributed by atoms with Gasteiger partial charge in [0, 0.05) is 32.1 Å². The lowest BCUT2D eigenvalue weighted by Gasteiger charge is -2.28. The van der Waals surface area contributed by atoms with Crippen molar-refractivity contribution in [1.29, 1.82) is 0 Å². The number of carbonyl (C=O) groups is 1. The Morgan fingerprint density at radius 2 is 2.29 bits per heavy atom. The molecule has 0 radical (unpaired) electrons. The molecule has 5 heteroatoms. The zero-order chi connectivity index (χ0) is 16.9. The number of imidazole rings is 1. The number of carbonyl (C=O) groups excluding carboxylic acids is 1. The van der Waals surface area contributed by atoms with E-state index in [1.807, 2.05) is 6.92 Å². The van der Waals surface area contributed by atoms with Crippen LogP contribution in [0.5, 0.6) is 0 Å². The molecule has 1 aliphatic carbocycles. The molecule has 0 bridgehead atoms. The maximum atomic E-state index is 12.2. The van der Waals surface area contributed by atoms with Gasteiger partial charge in [0.05, 0.1) is 11.8 Å². The SMILES string of the molecule is C[C@@H]1CCC[C@H](O[C@H](C)C(=O)NCCc2cn3c(n2)CCCC3)C1. The van der Waals surface area contributed by atoms with Crippen LogP contribution in [0.25, 0.3) is 0 Å². The first-order valence-corrected chi connectivity index (χ1v) is 9.60. The molecule has 0 spiro atoms. The Morgan fingerprint density at radius 3 is 3.08 bits per heavy atom. The number of ether oxygens (including phenoxy) is 1. The summed E-state index contributed by atoms with van der Waals surface area (Å²) in [5, 5.41) is 3.00. The fraction of sp³-hybridized carbons (Fsp3) is 0.789. The van der Waals surface area contributed by atoms with E-state index in [4.69, 9.17) is 4.74 Å². The Balaban J connectivity index is 1.39. The fourth-order valence-corrected chi connectivity index (χ4v) is 3.90. The number of aryl methyl sites for hydroxylation is 2. The van der Waals surface area contributed by atoms with E-state index in [1.165, 1.54) is 31.5 Å². The molecule has 3 atom stereocenters. The number of amides is 1. The van der Waals surface area contributed by atoms with Gasteiger partial charge < -0.3 is 14.6 Å². The summed E-state index contributed by atoms with van der Waals surface area (Å²) in [5.41, 5.74) is 1.09. The van der Waals surface area contributed by atoms with Crippen LogP contribution >= 0.6 is 0 Å². The maximum absolute atomic E-state index is 12.2. The second-order valence-electron chi connectivity index (χ2n) is 7.51.